The number of likely N-dealkylation sites (tertiary alicyclic amines) is 1. The lowest BCUT2D eigenvalue weighted by atomic mass is 9.99. The predicted molar refractivity (Wildman–Crippen MR) is 149 cm³/mol. The third-order valence-electron chi connectivity index (χ3n) is 6.98. The number of nitrogen functional groups attached to an aromatic ring is 1. The lowest BCUT2D eigenvalue weighted by molar-refractivity contribution is -0.127. The van der Waals surface area contributed by atoms with Crippen molar-refractivity contribution in [2.45, 2.75) is 43.2 Å². The van der Waals surface area contributed by atoms with Crippen molar-refractivity contribution < 1.29 is 17.9 Å². The lowest BCUT2D eigenvalue weighted by Gasteiger charge is -2.32. The summed E-state index contributed by atoms with van der Waals surface area (Å²) in [6, 6.07) is 6.59. The van der Waals surface area contributed by atoms with Crippen LogP contribution in [-0.2, 0) is 26.0 Å². The van der Waals surface area contributed by atoms with Gasteiger partial charge in [0.25, 0.3) is 0 Å². The predicted octanol–water partition coefficient (Wildman–Crippen LogP) is 4.01. The van der Waals surface area contributed by atoms with E-state index in [1.807, 2.05) is 16.8 Å². The number of carbonyl (C=O) groups excluding carboxylic acids is 1. The van der Waals surface area contributed by atoms with Gasteiger partial charge in [-0.1, -0.05) is 30.3 Å². The molecule has 12 heteroatoms. The molecule has 0 bridgehead atoms. The summed E-state index contributed by atoms with van der Waals surface area (Å²) in [5.74, 6) is 0.835. The maximum Gasteiger partial charge on any atom is 0.246 e. The Labute approximate surface area is 231 Å². The number of sulfone groups is 1. The van der Waals surface area contributed by atoms with Crippen LogP contribution in [0, 0.1) is 0 Å². The number of carbonyl (C=O) groups is 1. The average molecular weight is 569 g/mol. The third-order valence-corrected chi connectivity index (χ3v) is 8.41. The largest absolute Gasteiger partial charge is 0.492 e. The van der Waals surface area contributed by atoms with Crippen LogP contribution >= 0.6 is 11.6 Å². The number of nitrogens with zero attached hydrogens (tertiary/aromatic N) is 5. The van der Waals surface area contributed by atoms with Crippen molar-refractivity contribution in [3.8, 4) is 0 Å². The van der Waals surface area contributed by atoms with E-state index >= 15 is 0 Å². The van der Waals surface area contributed by atoms with Crippen LogP contribution in [0.15, 0.2) is 65.0 Å². The average Bonchev–Trinajstić information content (AvgIpc) is 3.33. The first-order valence-electron chi connectivity index (χ1n) is 12.6. The molecule has 1 aromatic carbocycles. The fourth-order valence-corrected chi connectivity index (χ4v) is 5.97. The summed E-state index contributed by atoms with van der Waals surface area (Å²) in [5, 5.41) is 6.02. The monoisotopic (exact) mass is 568 g/mol. The number of nitrogens with two attached hydrogens (primary N) is 1. The van der Waals surface area contributed by atoms with Gasteiger partial charge in [-0.2, -0.15) is 5.10 Å². The molecule has 1 aliphatic heterocycles. The number of rotatable bonds is 7. The number of halogens is 1. The second-order valence-electron chi connectivity index (χ2n) is 9.68. The molecule has 1 aliphatic carbocycles. The van der Waals surface area contributed by atoms with Crippen molar-refractivity contribution in [3.63, 3.8) is 0 Å². The van der Waals surface area contributed by atoms with E-state index in [1.165, 1.54) is 18.7 Å². The number of anilines is 1. The quantitative estimate of drug-likeness (QED) is 0.423. The maximum atomic E-state index is 12.3. The van der Waals surface area contributed by atoms with Gasteiger partial charge in [-0.05, 0) is 54.7 Å². The molecule has 1 atom stereocenters. The molecule has 0 unspecified atom stereocenters. The molecule has 3 aromatic rings. The number of amides is 1. The minimum Gasteiger partial charge on any atom is -0.492 e. The maximum absolute atomic E-state index is 12.3. The highest BCUT2D eigenvalue weighted by Crippen LogP contribution is 2.38. The summed E-state index contributed by atoms with van der Waals surface area (Å²) in [7, 11) is -3.31. The Morgan fingerprint density at radius 3 is 2.87 bits per heavy atom. The van der Waals surface area contributed by atoms with Gasteiger partial charge in [0.15, 0.2) is 15.5 Å². The van der Waals surface area contributed by atoms with E-state index < -0.39 is 9.84 Å². The number of allylic oxidation sites excluding steroid dienone is 4. The summed E-state index contributed by atoms with van der Waals surface area (Å²) in [4.78, 5) is 22.9. The fraction of sp³-hybridized carbons (Fsp3) is 0.333. The first-order chi connectivity index (χ1) is 18.7. The molecule has 2 N–H and O–H groups in total. The number of benzene rings is 1. The van der Waals surface area contributed by atoms with Gasteiger partial charge in [-0.15, -0.1) is 0 Å². The first-order valence-corrected chi connectivity index (χ1v) is 14.8. The molecule has 0 radical (unpaired) electrons. The van der Waals surface area contributed by atoms with Crippen LogP contribution in [-0.4, -0.2) is 58.3 Å². The highest BCUT2D eigenvalue weighted by molar-refractivity contribution is 7.90. The molecule has 10 nitrogen and oxygen atoms in total. The number of hydrogen-bond donors (Lipinski definition) is 1. The number of piperidine rings is 1. The van der Waals surface area contributed by atoms with Crippen molar-refractivity contribution in [1.29, 1.82) is 0 Å². The third kappa shape index (κ3) is 5.55. The molecule has 39 heavy (non-hydrogen) atoms. The molecule has 3 heterocycles. The van der Waals surface area contributed by atoms with E-state index in [9.17, 15) is 13.2 Å². The van der Waals surface area contributed by atoms with Gasteiger partial charge in [-0.25, -0.2) is 23.1 Å². The van der Waals surface area contributed by atoms with Crippen molar-refractivity contribution in [2.75, 3.05) is 25.1 Å². The van der Waals surface area contributed by atoms with Crippen molar-refractivity contribution in [1.82, 2.24) is 24.6 Å². The van der Waals surface area contributed by atoms with Crippen molar-refractivity contribution in [2.24, 2.45) is 0 Å². The van der Waals surface area contributed by atoms with E-state index in [0.29, 0.717) is 59.3 Å². The standard InChI is InChI=1S/C27H29ClN6O4S/c1-3-23(35)33-11-5-7-19(14-33)34-27-24(26(29)30-16-31-27)25(32-34)18-9-10-22(21(28)13-18)38-15-17-6-4-8-20(12-17)39(2,36)37/h3-4,6,8,12-13,16,19H,1,5,7,9-11,14-15H2,2H3,(H2,29,30,31)/t19-/m1/s1. The summed E-state index contributed by atoms with van der Waals surface area (Å²) < 4.78 is 31.6. The van der Waals surface area contributed by atoms with E-state index in [-0.39, 0.29) is 23.5 Å². The Kier molecular flexibility index (Phi) is 7.46. The second-order valence-corrected chi connectivity index (χ2v) is 12.1. The molecule has 0 saturated carbocycles. The zero-order chi connectivity index (χ0) is 27.7. The fourth-order valence-electron chi connectivity index (χ4n) is 5.00. The molecule has 1 saturated heterocycles. The second kappa shape index (κ2) is 10.8. The molecule has 1 amide bonds. The Hall–Kier alpha value is -3.70. The Balaban J connectivity index is 1.43. The molecular weight excluding hydrogens is 540 g/mol. The van der Waals surface area contributed by atoms with E-state index in [4.69, 9.17) is 27.2 Å². The van der Waals surface area contributed by atoms with Gasteiger partial charge >= 0.3 is 0 Å². The van der Waals surface area contributed by atoms with Crippen LogP contribution in [0.5, 0.6) is 0 Å². The number of fused-ring (bicyclic) bond motifs is 1. The normalized spacial score (nSPS) is 18.3. The Morgan fingerprint density at radius 1 is 1.31 bits per heavy atom. The number of hydrogen-bond acceptors (Lipinski definition) is 8. The van der Waals surface area contributed by atoms with E-state index in [1.54, 1.807) is 23.1 Å². The van der Waals surface area contributed by atoms with Crippen LogP contribution in [0.4, 0.5) is 5.82 Å². The molecule has 0 spiro atoms. The number of aromatic nitrogens is 4. The summed E-state index contributed by atoms with van der Waals surface area (Å²) in [6.07, 6.45) is 8.56. The van der Waals surface area contributed by atoms with Gasteiger partial charge in [0.05, 0.1) is 21.4 Å². The van der Waals surface area contributed by atoms with Gasteiger partial charge < -0.3 is 15.4 Å². The smallest absolute Gasteiger partial charge is 0.246 e. The molecular formula is C27H29ClN6O4S. The SMILES string of the molecule is C=CC(=O)N1CCC[C@@H](n2nc(C3=CC(Cl)=C(OCc4cccc(S(C)(=O)=O)c4)CC3)c3c(N)ncnc32)C1. The van der Waals surface area contributed by atoms with Crippen LogP contribution in [0.3, 0.4) is 0 Å². The molecule has 1 fully saturated rings. The summed E-state index contributed by atoms with van der Waals surface area (Å²) in [5.41, 5.74) is 9.19. The van der Waals surface area contributed by atoms with Gasteiger partial charge in [-0.3, -0.25) is 4.79 Å². The summed E-state index contributed by atoms with van der Waals surface area (Å²) in [6.45, 7) is 4.98. The minimum atomic E-state index is -3.31. The Bertz CT molecular complexity index is 1630. The van der Waals surface area contributed by atoms with E-state index in [2.05, 4.69) is 16.5 Å². The topological polar surface area (TPSA) is 133 Å². The van der Waals surface area contributed by atoms with Crippen molar-refractivity contribution >= 4 is 49.8 Å². The van der Waals surface area contributed by atoms with Gasteiger partial charge in [0.1, 0.15) is 30.2 Å². The Morgan fingerprint density at radius 2 is 2.13 bits per heavy atom. The highest BCUT2D eigenvalue weighted by atomic mass is 35.5. The summed E-state index contributed by atoms with van der Waals surface area (Å²) >= 11 is 6.65. The number of ether oxygens (including phenoxy) is 1. The lowest BCUT2D eigenvalue weighted by Crippen LogP contribution is -2.40. The zero-order valence-electron chi connectivity index (χ0n) is 21.5. The van der Waals surface area contributed by atoms with Gasteiger partial charge in [0, 0.05) is 25.8 Å². The zero-order valence-corrected chi connectivity index (χ0v) is 23.1. The minimum absolute atomic E-state index is 0.0648. The van der Waals surface area contributed by atoms with Crippen molar-refractivity contribution in [3.05, 3.63) is 71.4 Å². The van der Waals surface area contributed by atoms with Crippen LogP contribution < -0.4 is 5.73 Å². The molecule has 5 rings (SSSR count). The van der Waals surface area contributed by atoms with Crippen LogP contribution in [0.2, 0.25) is 0 Å². The van der Waals surface area contributed by atoms with Crippen LogP contribution in [0.25, 0.3) is 16.6 Å². The first kappa shape index (κ1) is 26.9. The molecule has 204 valence electrons. The molecule has 2 aliphatic rings. The molecule has 2 aromatic heterocycles. The van der Waals surface area contributed by atoms with Crippen LogP contribution in [0.1, 0.15) is 43.0 Å². The van der Waals surface area contributed by atoms with Gasteiger partial charge in [0.2, 0.25) is 5.91 Å². The van der Waals surface area contributed by atoms with E-state index in [0.717, 1.165) is 24.0 Å². The highest BCUT2D eigenvalue weighted by Gasteiger charge is 2.29.